The minimum absolute atomic E-state index is 0.0112. The zero-order valence-electron chi connectivity index (χ0n) is 49.9. The van der Waals surface area contributed by atoms with Crippen LogP contribution in [0.2, 0.25) is 0 Å². The van der Waals surface area contributed by atoms with Crippen molar-refractivity contribution in [3.05, 3.63) is 92.1 Å². The number of carbonyl (C=O) groups is 5. The molecule has 4 saturated heterocycles. The van der Waals surface area contributed by atoms with Crippen LogP contribution in [0, 0.1) is 23.7 Å². The molecule has 8 aliphatic rings. The molecule has 0 aliphatic carbocycles. The monoisotopic (exact) mass is 1150 g/mol. The average Bonchev–Trinajstić information content (AvgIpc) is 4.24. The lowest BCUT2D eigenvalue weighted by Gasteiger charge is -2.41. The van der Waals surface area contributed by atoms with Gasteiger partial charge in [-0.25, -0.2) is 14.4 Å². The number of carbonyl (C=O) groups excluding carboxylic acids is 4. The summed E-state index contributed by atoms with van der Waals surface area (Å²) in [5.41, 5.74) is 5.35. The minimum Gasteiger partial charge on any atom is -0.484 e. The molecular formula is C65H86N4O14. The zero-order valence-corrected chi connectivity index (χ0v) is 49.9. The Labute approximate surface area is 488 Å². The van der Waals surface area contributed by atoms with E-state index in [1.54, 1.807) is 20.8 Å². The van der Waals surface area contributed by atoms with Gasteiger partial charge in [0.05, 0.1) is 62.9 Å². The molecule has 450 valence electrons. The maximum atomic E-state index is 14.7. The Balaban J connectivity index is 0.867. The number of fused-ring (bicyclic) bond motifs is 8. The molecule has 8 heterocycles. The van der Waals surface area contributed by atoms with Gasteiger partial charge in [-0.3, -0.25) is 9.59 Å². The maximum Gasteiger partial charge on any atom is 0.415 e. The summed E-state index contributed by atoms with van der Waals surface area (Å²) in [7, 11) is 0. The van der Waals surface area contributed by atoms with Crippen LogP contribution in [-0.4, -0.2) is 153 Å². The molecule has 2 aromatic rings. The number of carboxylic acids is 1. The van der Waals surface area contributed by atoms with Crippen LogP contribution in [0.4, 0.5) is 9.59 Å². The lowest BCUT2D eigenvalue weighted by Crippen LogP contribution is -2.49. The molecule has 18 heteroatoms. The van der Waals surface area contributed by atoms with Gasteiger partial charge in [0.15, 0.2) is 0 Å². The predicted molar refractivity (Wildman–Crippen MR) is 310 cm³/mol. The number of likely N-dealkylation sites (tertiary alicyclic amines) is 2. The molecule has 4 unspecified atom stereocenters. The molecule has 0 saturated carbocycles. The molecular weight excluding hydrogens is 1060 g/mol. The number of hydrogen-bond donors (Lipinski definition) is 3. The van der Waals surface area contributed by atoms with Crippen LogP contribution in [0.1, 0.15) is 163 Å². The number of nitrogens with zero attached hydrogens (tertiary/aromatic N) is 4. The molecule has 4 fully saturated rings. The summed E-state index contributed by atoms with van der Waals surface area (Å²) in [6, 6.07) is 1.77. The highest BCUT2D eigenvalue weighted by molar-refractivity contribution is 6.02. The summed E-state index contributed by atoms with van der Waals surface area (Å²) < 4.78 is 37.3. The zero-order chi connectivity index (χ0) is 59.1. The fourth-order valence-electron chi connectivity index (χ4n) is 13.5. The van der Waals surface area contributed by atoms with Crippen molar-refractivity contribution in [1.82, 2.24) is 19.6 Å². The van der Waals surface area contributed by atoms with Crippen LogP contribution >= 0.6 is 0 Å². The summed E-state index contributed by atoms with van der Waals surface area (Å²) in [6.45, 7) is 20.6. The van der Waals surface area contributed by atoms with Gasteiger partial charge in [0, 0.05) is 91.5 Å². The lowest BCUT2D eigenvalue weighted by atomic mass is 9.84. The van der Waals surface area contributed by atoms with Gasteiger partial charge in [0.1, 0.15) is 40.2 Å². The van der Waals surface area contributed by atoms with Crippen LogP contribution in [0.15, 0.2) is 58.7 Å². The van der Waals surface area contributed by atoms with Gasteiger partial charge in [-0.15, -0.1) is 0 Å². The second-order valence-electron chi connectivity index (χ2n) is 25.8. The number of aliphatic carboxylic acids is 1. The molecule has 10 rings (SSSR count). The number of allylic oxidation sites excluding steroid dienone is 8. The molecule has 4 amide bonds. The van der Waals surface area contributed by atoms with E-state index < -0.39 is 53.5 Å². The molecule has 83 heavy (non-hydrogen) atoms. The number of carboxylic acid groups (broad SMARTS) is 1. The Hall–Kier alpha value is -6.21. The van der Waals surface area contributed by atoms with Crippen LogP contribution in [0.25, 0.3) is 0 Å². The van der Waals surface area contributed by atoms with E-state index in [0.29, 0.717) is 118 Å². The lowest BCUT2D eigenvalue weighted by molar-refractivity contribution is -0.142. The van der Waals surface area contributed by atoms with Crippen molar-refractivity contribution in [3.63, 3.8) is 0 Å². The quantitative estimate of drug-likeness (QED) is 0.105. The highest BCUT2D eigenvalue weighted by Crippen LogP contribution is 2.50. The van der Waals surface area contributed by atoms with Crippen LogP contribution in [-0.2, 0) is 40.2 Å². The first kappa shape index (κ1) is 59.9. The van der Waals surface area contributed by atoms with Crippen LogP contribution in [0.3, 0.4) is 0 Å². The molecule has 8 aliphatic heterocycles. The van der Waals surface area contributed by atoms with Gasteiger partial charge in [-0.2, -0.15) is 0 Å². The van der Waals surface area contributed by atoms with E-state index in [4.69, 9.17) is 28.4 Å². The average molecular weight is 1150 g/mol. The van der Waals surface area contributed by atoms with E-state index in [0.717, 1.165) is 25.7 Å². The molecule has 0 spiro atoms. The first-order chi connectivity index (χ1) is 39.6. The number of rotatable bonds is 20. The molecule has 3 N–H and O–H groups in total. The van der Waals surface area contributed by atoms with Crippen LogP contribution in [0.5, 0.6) is 23.0 Å². The number of aliphatic hydroxyl groups excluding tert-OH is 2. The fourth-order valence-corrected chi connectivity index (χ4v) is 13.5. The third-order valence-corrected chi connectivity index (χ3v) is 18.9. The van der Waals surface area contributed by atoms with E-state index in [1.807, 2.05) is 13.8 Å². The summed E-state index contributed by atoms with van der Waals surface area (Å²) in [5.74, 6) is -0.298. The van der Waals surface area contributed by atoms with Gasteiger partial charge >= 0.3 is 18.2 Å². The number of amides is 4. The first-order valence-corrected chi connectivity index (χ1v) is 30.2. The molecule has 0 bridgehead atoms. The van der Waals surface area contributed by atoms with E-state index in [2.05, 4.69) is 65.8 Å². The van der Waals surface area contributed by atoms with Crippen LogP contribution < -0.4 is 18.9 Å². The van der Waals surface area contributed by atoms with Crippen molar-refractivity contribution >= 4 is 30.0 Å². The van der Waals surface area contributed by atoms with Crippen molar-refractivity contribution in [2.75, 3.05) is 59.2 Å². The second kappa shape index (κ2) is 24.8. The van der Waals surface area contributed by atoms with Gasteiger partial charge in [0.2, 0.25) is 0 Å². The Morgan fingerprint density at radius 1 is 0.627 bits per heavy atom. The molecule has 2 aromatic carbocycles. The van der Waals surface area contributed by atoms with Crippen molar-refractivity contribution in [3.8, 4) is 23.0 Å². The van der Waals surface area contributed by atoms with E-state index in [9.17, 15) is 39.3 Å². The van der Waals surface area contributed by atoms with Gasteiger partial charge in [-0.05, 0) is 132 Å². The Bertz CT molecular complexity index is 2970. The summed E-state index contributed by atoms with van der Waals surface area (Å²) in [5, 5.41) is 34.6. The topological polar surface area (TPSA) is 214 Å². The normalized spacial score (nSPS) is 27.3. The predicted octanol–water partition coefficient (Wildman–Crippen LogP) is 9.74. The van der Waals surface area contributed by atoms with E-state index in [-0.39, 0.29) is 92.0 Å². The van der Waals surface area contributed by atoms with Gasteiger partial charge in [0.25, 0.3) is 11.8 Å². The largest absolute Gasteiger partial charge is 0.484 e. The smallest absolute Gasteiger partial charge is 0.415 e. The Kier molecular flexibility index (Phi) is 17.9. The highest BCUT2D eigenvalue weighted by Gasteiger charge is 2.49. The fraction of sp³-hybridized carbons (Fsp3) is 0.615. The molecule has 9 atom stereocenters. The Morgan fingerprint density at radius 2 is 1.06 bits per heavy atom. The molecule has 0 radical (unpaired) electrons. The SMILES string of the molecule is CC(C)=CCC/C(C)=C/CC[C@@]1(C)Oc2c(c(OC(=O)N3CC4COCC4C3)cc3c2CN(CCC[C@@H](C(=O)O)N2Cc4c(cc(OC(=O)N5CC6COCC6C5)c5c4O[C@](C)(CC/C=C(\C)CCC=C(C)C)[C@@H](O)C5)C2=O)C3=O)C[C@@H]1O. The summed E-state index contributed by atoms with van der Waals surface area (Å²) in [4.78, 5) is 76.7. The standard InChI is InChI=1S/C65H86N4O14/c1-38(2)14-9-16-40(5)18-11-21-64(7)55(70)26-48-53(80-62(76)67-28-42-34-78-35-43(42)29-67)24-46-50(57(48)82-64)32-66(59(46)72)23-13-20-52(61(74)75)69-33-51-47(60(69)73)25-54(81-63(77)68-30-44-36-79-37-45(44)31-68)49-27-56(71)65(8,83-58(49)51)22-12-19-41(6)17-10-15-39(3)4/h14-15,18-19,24-25,42-45,52,55-56,70-71H,9-13,16-17,20-23,26-37H2,1-8H3,(H,74,75)/b40-18+,41-19+/t42?,43?,44?,45?,52-,55-,56-,64+,65+/m0/s1. The highest BCUT2D eigenvalue weighted by atomic mass is 16.6. The van der Waals surface area contributed by atoms with Crippen molar-refractivity contribution < 1.29 is 67.7 Å². The molecule has 0 aromatic heterocycles. The van der Waals surface area contributed by atoms with Crippen molar-refractivity contribution in [1.29, 1.82) is 0 Å². The first-order valence-electron chi connectivity index (χ1n) is 30.2. The summed E-state index contributed by atoms with van der Waals surface area (Å²) in [6.07, 6.45) is 12.0. The third kappa shape index (κ3) is 12.8. The minimum atomic E-state index is -1.31. The van der Waals surface area contributed by atoms with E-state index in [1.165, 1.54) is 33.3 Å². The number of ether oxygens (including phenoxy) is 6. The Morgan fingerprint density at radius 3 is 1.49 bits per heavy atom. The van der Waals surface area contributed by atoms with Crippen molar-refractivity contribution in [2.24, 2.45) is 23.7 Å². The number of benzene rings is 2. The number of hydrogen-bond acceptors (Lipinski definition) is 13. The maximum absolute atomic E-state index is 14.7. The third-order valence-electron chi connectivity index (χ3n) is 18.9. The van der Waals surface area contributed by atoms with Gasteiger partial charge < -0.3 is 63.3 Å². The number of aliphatic hydroxyl groups is 2. The second-order valence-corrected chi connectivity index (χ2v) is 25.8. The van der Waals surface area contributed by atoms with Gasteiger partial charge in [-0.1, -0.05) is 46.6 Å². The van der Waals surface area contributed by atoms with E-state index >= 15 is 0 Å². The molecule has 18 nitrogen and oxygen atoms in total. The van der Waals surface area contributed by atoms with Crippen molar-refractivity contribution in [2.45, 2.75) is 175 Å². The summed E-state index contributed by atoms with van der Waals surface area (Å²) >= 11 is 0.